The standard InChI is InChI=1S/C20H23NO.C19H21NO.C18H24N2O.C17H24N2O.C15H19NO2.C13H14F3N/c1-5-22-19-9-7-6-8-15(19)16-12-14-10-11-21-18(14)13-17(16)20(2,3)4;1-19(2,3)16-12-17-13(9-10-20-17)11-15(16)14-7-5-6-8-18(14)21-4;1-18(2,3)15-12-16-13(7-8-19-16)11-14(15)17(21)20-9-5-4-6-10-20;1-11(2)10-19-16(20)13-8-12-6-7-18-15(12)9-14(13)17(3,4)5;1-5-18-14(17)11-8-10-6-7-16-13(10)9-12(11)15(2,3)4;1-12(2,3)9-7-11-8(4-5-17-11)6-10(9)13(14,15)16/h6-13,21H,5H2,1-4H3;5-12,20H,1-4H3;7-8,11-12,19H,4-6,9-10H2,1-3H3;6-9,11,18H,10H2,1-5H3,(H,19,20);6-9,16H,5H2,1-4H3;4-7,17H,1-3H3. The minimum Gasteiger partial charge on any atom is -0.496 e. The van der Waals surface area contributed by atoms with Crippen molar-refractivity contribution in [3.63, 3.8) is 0 Å². The summed E-state index contributed by atoms with van der Waals surface area (Å²) in [5.74, 6) is 2.29. The molecule has 17 heteroatoms. The molecular weight excluding hydrogens is 1490 g/mol. The van der Waals surface area contributed by atoms with Crippen LogP contribution in [0.15, 0.2) is 195 Å². The molecule has 2 amide bonds. The molecule has 119 heavy (non-hydrogen) atoms. The van der Waals surface area contributed by atoms with Gasteiger partial charge in [-0.2, -0.15) is 13.2 Å². The zero-order chi connectivity index (χ0) is 86.9. The summed E-state index contributed by atoms with van der Waals surface area (Å²) in [6, 6.07) is 52.5. The maximum atomic E-state index is 13.0. The third kappa shape index (κ3) is 22.2. The van der Waals surface area contributed by atoms with Gasteiger partial charge in [-0.3, -0.25) is 9.59 Å². The Balaban J connectivity index is 0.000000151. The van der Waals surface area contributed by atoms with Gasteiger partial charge in [-0.1, -0.05) is 175 Å². The van der Waals surface area contributed by atoms with E-state index in [4.69, 9.17) is 14.2 Å². The Labute approximate surface area is 701 Å². The van der Waals surface area contributed by atoms with Crippen LogP contribution in [0.5, 0.6) is 11.5 Å². The van der Waals surface area contributed by atoms with Gasteiger partial charge in [-0.15, -0.1) is 0 Å². The maximum absolute atomic E-state index is 13.0. The molecule has 0 atom stereocenters. The highest BCUT2D eigenvalue weighted by Crippen LogP contribution is 2.44. The number of carbonyl (C=O) groups excluding carboxylic acids is 3. The minimum atomic E-state index is -4.31. The molecule has 0 unspecified atom stereocenters. The minimum absolute atomic E-state index is 0.0201. The molecule has 0 bridgehead atoms. The zero-order valence-electron chi connectivity index (χ0n) is 74.2. The number of halogens is 3. The molecule has 7 N–H and O–H groups in total. The van der Waals surface area contributed by atoms with Crippen LogP contribution in [0, 0.1) is 5.92 Å². The molecule has 1 aliphatic heterocycles. The smallest absolute Gasteiger partial charge is 0.416 e. The summed E-state index contributed by atoms with van der Waals surface area (Å²) in [5, 5.41) is 9.29. The van der Waals surface area contributed by atoms with E-state index < -0.39 is 17.2 Å². The van der Waals surface area contributed by atoms with Crippen LogP contribution in [0.2, 0.25) is 0 Å². The highest BCUT2D eigenvalue weighted by atomic mass is 19.4. The van der Waals surface area contributed by atoms with Gasteiger partial charge in [0, 0.05) is 128 Å². The molecule has 0 saturated carbocycles. The zero-order valence-corrected chi connectivity index (χ0v) is 74.2. The molecule has 0 aliphatic carbocycles. The number of rotatable bonds is 11. The number of aromatic amines is 6. The van der Waals surface area contributed by atoms with Gasteiger partial charge in [-0.05, 0) is 254 Å². The van der Waals surface area contributed by atoms with E-state index in [1.54, 1.807) is 46.2 Å². The fourth-order valence-corrected chi connectivity index (χ4v) is 15.2. The number of piperidine rings is 1. The van der Waals surface area contributed by atoms with Crippen LogP contribution in [0.4, 0.5) is 13.2 Å². The van der Waals surface area contributed by atoms with E-state index in [1.165, 1.54) is 56.5 Å². The van der Waals surface area contributed by atoms with Crippen LogP contribution in [-0.4, -0.2) is 92.5 Å². The van der Waals surface area contributed by atoms with Gasteiger partial charge in [0.1, 0.15) is 11.5 Å². The monoisotopic (exact) mass is 1610 g/mol. The predicted octanol–water partition coefficient (Wildman–Crippen LogP) is 26.7. The van der Waals surface area contributed by atoms with Crippen LogP contribution >= 0.6 is 0 Å². The van der Waals surface area contributed by atoms with Crippen molar-refractivity contribution in [2.75, 3.05) is 40.0 Å². The fourth-order valence-electron chi connectivity index (χ4n) is 15.2. The lowest BCUT2D eigenvalue weighted by atomic mass is 9.81. The van der Waals surface area contributed by atoms with E-state index >= 15 is 0 Å². The van der Waals surface area contributed by atoms with Crippen molar-refractivity contribution in [2.45, 2.75) is 210 Å². The lowest BCUT2D eigenvalue weighted by molar-refractivity contribution is -0.138. The van der Waals surface area contributed by atoms with Crippen molar-refractivity contribution >= 4 is 83.2 Å². The number of esters is 1. The molecule has 1 aliphatic rings. The summed E-state index contributed by atoms with van der Waals surface area (Å²) >= 11 is 0. The van der Waals surface area contributed by atoms with Gasteiger partial charge >= 0.3 is 12.1 Å². The number of carbonyl (C=O) groups is 3. The number of hydrogen-bond acceptors (Lipinski definition) is 6. The maximum Gasteiger partial charge on any atom is 0.416 e. The predicted molar refractivity (Wildman–Crippen MR) is 488 cm³/mol. The number of para-hydroxylation sites is 2. The molecule has 15 rings (SSSR count). The molecule has 8 aromatic carbocycles. The highest BCUT2D eigenvalue weighted by molar-refractivity contribution is 6.02. The molecule has 14 nitrogen and oxygen atoms in total. The van der Waals surface area contributed by atoms with Gasteiger partial charge in [0.05, 0.1) is 31.5 Å². The largest absolute Gasteiger partial charge is 0.496 e. The first-order valence-electron chi connectivity index (χ1n) is 41.8. The number of nitrogens with zero attached hydrogens (tertiary/aromatic N) is 1. The molecule has 6 aromatic heterocycles. The van der Waals surface area contributed by atoms with Crippen LogP contribution in [0.25, 0.3) is 87.7 Å². The lowest BCUT2D eigenvalue weighted by Crippen LogP contribution is -2.36. The van der Waals surface area contributed by atoms with E-state index in [1.807, 2.05) is 110 Å². The van der Waals surface area contributed by atoms with E-state index in [0.29, 0.717) is 42.2 Å². The number of aromatic nitrogens is 6. The van der Waals surface area contributed by atoms with Crippen LogP contribution in [-0.2, 0) is 43.4 Å². The summed E-state index contributed by atoms with van der Waals surface area (Å²) < 4.78 is 55.5. The Hall–Kier alpha value is -11.2. The SMILES string of the molecule is CC(C)(C)c1cc2[nH]ccc2cc1C(=O)N1CCCCC1.CC(C)(C)c1cc2[nH]ccc2cc1C(F)(F)F.CC(C)CNC(=O)c1cc2cc[nH]c2cc1C(C)(C)C.CCOC(=O)c1cc2cc[nH]c2cc1C(C)(C)C.CCOc1ccccc1-c1cc2cc[nH]c2cc1C(C)(C)C.COc1ccccc1-c1cc2cc[nH]c2cc1C(C)(C)C. The second-order valence-electron chi connectivity index (χ2n) is 37.6. The van der Waals surface area contributed by atoms with E-state index in [-0.39, 0.29) is 44.9 Å². The number of fused-ring (bicyclic) bond motifs is 6. The van der Waals surface area contributed by atoms with Crippen molar-refractivity contribution < 1.29 is 41.8 Å². The number of hydrogen-bond donors (Lipinski definition) is 7. The first kappa shape index (κ1) is 90.1. The topological polar surface area (TPSA) is 189 Å². The van der Waals surface area contributed by atoms with Crippen molar-refractivity contribution in [3.8, 4) is 33.8 Å². The molecule has 1 saturated heterocycles. The average molecular weight is 1620 g/mol. The third-order valence-electron chi connectivity index (χ3n) is 21.5. The molecule has 0 radical (unpaired) electrons. The van der Waals surface area contributed by atoms with Crippen LogP contribution < -0.4 is 14.8 Å². The number of methoxy groups -OCH3 is 1. The summed E-state index contributed by atoms with van der Waals surface area (Å²) in [7, 11) is 1.73. The van der Waals surface area contributed by atoms with Crippen LogP contribution in [0.3, 0.4) is 0 Å². The van der Waals surface area contributed by atoms with Gasteiger partial charge in [0.2, 0.25) is 0 Å². The van der Waals surface area contributed by atoms with E-state index in [9.17, 15) is 27.6 Å². The Kier molecular flexibility index (Phi) is 28.0. The third-order valence-corrected chi connectivity index (χ3v) is 21.5. The molecule has 14 aromatic rings. The average Bonchev–Trinajstić information content (AvgIpc) is 1.79. The number of amides is 2. The molecule has 630 valence electrons. The number of likely N-dealkylation sites (tertiary alicyclic amines) is 1. The normalized spacial score (nSPS) is 12.9. The quantitative estimate of drug-likeness (QED) is 0.0631. The Morgan fingerprint density at radius 2 is 0.723 bits per heavy atom. The molecule has 7 heterocycles. The number of ether oxygens (including phenoxy) is 3. The summed E-state index contributed by atoms with van der Waals surface area (Å²) in [6.07, 6.45) is 10.5. The Bertz CT molecular complexity index is 5760. The van der Waals surface area contributed by atoms with Crippen molar-refractivity contribution in [1.82, 2.24) is 40.1 Å². The second kappa shape index (κ2) is 37.0. The van der Waals surface area contributed by atoms with Crippen LogP contribution in [0.1, 0.15) is 242 Å². The number of benzene rings is 8. The summed E-state index contributed by atoms with van der Waals surface area (Å²) in [4.78, 5) is 58.7. The second-order valence-corrected chi connectivity index (χ2v) is 37.6. The van der Waals surface area contributed by atoms with E-state index in [0.717, 1.165) is 115 Å². The summed E-state index contributed by atoms with van der Waals surface area (Å²) in [5.41, 5.74) is 18.5. The fraction of sp³-hybridized carbons (Fsp3) is 0.382. The van der Waals surface area contributed by atoms with Crippen molar-refractivity contribution in [2.24, 2.45) is 5.92 Å². The first-order chi connectivity index (χ1) is 55.9. The van der Waals surface area contributed by atoms with Gasteiger partial charge < -0.3 is 54.3 Å². The number of alkyl halides is 3. The van der Waals surface area contributed by atoms with Crippen molar-refractivity contribution in [1.29, 1.82) is 0 Å². The number of nitrogens with one attached hydrogen (secondary N) is 7. The van der Waals surface area contributed by atoms with Gasteiger partial charge in [0.15, 0.2) is 0 Å². The van der Waals surface area contributed by atoms with Gasteiger partial charge in [0.25, 0.3) is 11.8 Å². The Morgan fingerprint density at radius 3 is 1.10 bits per heavy atom. The van der Waals surface area contributed by atoms with E-state index in [2.05, 4.69) is 232 Å². The highest BCUT2D eigenvalue weighted by Gasteiger charge is 2.37. The first-order valence-corrected chi connectivity index (χ1v) is 41.8. The number of H-pyrrole nitrogens is 6. The Morgan fingerprint density at radius 1 is 0.387 bits per heavy atom. The lowest BCUT2D eigenvalue weighted by Gasteiger charge is -2.30. The van der Waals surface area contributed by atoms with Gasteiger partial charge in [-0.25, -0.2) is 4.79 Å². The summed E-state index contributed by atoms with van der Waals surface area (Å²) in [6.45, 7) is 49.7. The molecule has 0 spiro atoms. The molecular formula is C102H125F3N8O6. The van der Waals surface area contributed by atoms with Crippen molar-refractivity contribution in [3.05, 3.63) is 251 Å². The molecule has 1 fully saturated rings.